The van der Waals surface area contributed by atoms with Gasteiger partial charge in [0.05, 0.1) is 23.0 Å². The molecule has 2 aliphatic rings. The van der Waals surface area contributed by atoms with E-state index in [1.807, 2.05) is 0 Å². The molecular weight excluding hydrogens is 439 g/mol. The highest BCUT2D eigenvalue weighted by atomic mass is 19.4. The Morgan fingerprint density at radius 2 is 2.12 bits per heavy atom. The lowest BCUT2D eigenvalue weighted by molar-refractivity contribution is -0.168. The number of aromatic amines is 1. The number of hydrogen-bond donors (Lipinski definition) is 2. The number of ketones is 1. The lowest BCUT2D eigenvalue weighted by Crippen LogP contribution is -2.48. The second kappa shape index (κ2) is 7.71. The van der Waals surface area contributed by atoms with Gasteiger partial charge >= 0.3 is 12.2 Å². The summed E-state index contributed by atoms with van der Waals surface area (Å²) >= 11 is 0. The minimum Gasteiger partial charge on any atom is -0.366 e. The average molecular weight is 459 g/mol. The summed E-state index contributed by atoms with van der Waals surface area (Å²) in [5.74, 6) is -1.88. The summed E-state index contributed by atoms with van der Waals surface area (Å²) in [5.41, 5.74) is 1.01. The Labute approximate surface area is 186 Å². The monoisotopic (exact) mass is 459 g/mol. The van der Waals surface area contributed by atoms with Crippen LogP contribution >= 0.6 is 0 Å². The Balaban J connectivity index is 1.45. The summed E-state index contributed by atoms with van der Waals surface area (Å²) < 4.78 is 38.7. The first-order valence-corrected chi connectivity index (χ1v) is 10.5. The zero-order valence-electron chi connectivity index (χ0n) is 17.6. The van der Waals surface area contributed by atoms with Gasteiger partial charge in [0.25, 0.3) is 0 Å². The lowest BCUT2D eigenvalue weighted by Gasteiger charge is -2.35. The van der Waals surface area contributed by atoms with Crippen molar-refractivity contribution in [2.45, 2.75) is 32.0 Å². The summed E-state index contributed by atoms with van der Waals surface area (Å²) in [6.45, 7) is 2.27. The van der Waals surface area contributed by atoms with E-state index in [9.17, 15) is 22.8 Å². The minimum absolute atomic E-state index is 0.0960. The molecule has 2 bridgehead atoms. The quantitative estimate of drug-likeness (QED) is 0.576. The molecule has 33 heavy (non-hydrogen) atoms. The third kappa shape index (κ3) is 3.74. The molecule has 2 N–H and O–H groups in total. The molecule has 2 atom stereocenters. The second-order valence-corrected chi connectivity index (χ2v) is 8.27. The van der Waals surface area contributed by atoms with Crippen molar-refractivity contribution >= 4 is 40.2 Å². The number of aromatic nitrogens is 4. The van der Waals surface area contributed by atoms with Gasteiger partial charge in [0, 0.05) is 25.7 Å². The van der Waals surface area contributed by atoms with Crippen molar-refractivity contribution in [1.82, 2.24) is 20.2 Å². The molecule has 0 spiro atoms. The van der Waals surface area contributed by atoms with Crippen LogP contribution in [0.25, 0.3) is 11.0 Å². The van der Waals surface area contributed by atoms with Crippen molar-refractivity contribution < 1.29 is 22.8 Å². The molecule has 2 amide bonds. The first-order chi connectivity index (χ1) is 15.7. The minimum atomic E-state index is -4.47. The van der Waals surface area contributed by atoms with Crippen LogP contribution in [0.3, 0.4) is 0 Å². The molecule has 12 heteroatoms. The third-order valence-corrected chi connectivity index (χ3v) is 6.07. The van der Waals surface area contributed by atoms with E-state index in [-0.39, 0.29) is 17.6 Å². The Kier molecular flexibility index (Phi) is 4.94. The van der Waals surface area contributed by atoms with E-state index in [0.717, 1.165) is 6.92 Å². The van der Waals surface area contributed by atoms with Crippen molar-refractivity contribution in [3.63, 3.8) is 0 Å². The van der Waals surface area contributed by atoms with Crippen LogP contribution in [0.15, 0.2) is 30.5 Å². The van der Waals surface area contributed by atoms with E-state index in [0.29, 0.717) is 42.0 Å². The fraction of sp³-hybridized carbons (Fsp3) is 0.381. The zero-order chi connectivity index (χ0) is 23.3. The number of rotatable bonds is 4. The number of carbonyl (C=O) groups excluding carboxylic acids is 2. The van der Waals surface area contributed by atoms with Crippen molar-refractivity contribution in [3.05, 3.63) is 36.2 Å². The van der Waals surface area contributed by atoms with E-state index in [1.54, 1.807) is 24.4 Å². The zero-order valence-corrected chi connectivity index (χ0v) is 17.6. The molecule has 5 rings (SSSR count). The number of nitrogens with zero attached hydrogens (tertiary/aromatic N) is 5. The SMILES string of the molecule is C[C@@H](CC(=O)c1ccc2c(n1)N(C(=O)Nc1[nH]nc3ncccc13)[C@H]1CCN2C1)C(F)(F)F. The van der Waals surface area contributed by atoms with Gasteiger partial charge in [-0.1, -0.05) is 6.92 Å². The van der Waals surface area contributed by atoms with Gasteiger partial charge in [-0.25, -0.2) is 14.8 Å². The molecule has 0 aromatic carbocycles. The number of Topliss-reactive ketones (excluding diaryl/α,β-unsaturated/α-hetero) is 1. The molecule has 2 aliphatic heterocycles. The molecule has 0 radical (unpaired) electrons. The molecule has 172 valence electrons. The predicted molar refractivity (Wildman–Crippen MR) is 114 cm³/mol. The average Bonchev–Trinajstić information content (AvgIpc) is 3.38. The van der Waals surface area contributed by atoms with E-state index >= 15 is 0 Å². The molecule has 5 heterocycles. The molecule has 0 aliphatic carbocycles. The van der Waals surface area contributed by atoms with Crippen LogP contribution in [0.4, 0.5) is 35.3 Å². The van der Waals surface area contributed by atoms with E-state index < -0.39 is 30.3 Å². The summed E-state index contributed by atoms with van der Waals surface area (Å²) in [4.78, 5) is 37.8. The van der Waals surface area contributed by atoms with Crippen molar-refractivity contribution in [2.75, 3.05) is 28.2 Å². The Morgan fingerprint density at radius 1 is 1.30 bits per heavy atom. The van der Waals surface area contributed by atoms with Crippen molar-refractivity contribution in [3.8, 4) is 0 Å². The smallest absolute Gasteiger partial charge is 0.366 e. The highest BCUT2D eigenvalue weighted by molar-refractivity contribution is 6.08. The summed E-state index contributed by atoms with van der Waals surface area (Å²) in [6, 6.07) is 5.90. The number of fused-ring (bicyclic) bond motifs is 5. The predicted octanol–water partition coefficient (Wildman–Crippen LogP) is 3.75. The normalized spacial score (nSPS) is 18.4. The maximum Gasteiger partial charge on any atom is 0.391 e. The number of alkyl halides is 3. The molecule has 0 unspecified atom stereocenters. The van der Waals surface area contributed by atoms with Crippen molar-refractivity contribution in [2.24, 2.45) is 5.92 Å². The third-order valence-electron chi connectivity index (χ3n) is 6.07. The standard InChI is InChI=1S/C21H20F3N7O2/c1-11(21(22,23)24)9-16(32)14-4-5-15-19(26-14)31(12-6-8-30(15)10-12)20(33)27-18-13-3-2-7-25-17(13)28-29-18/h2-5,7,11-12H,6,8-10H2,1H3,(H2,25,27,28,29,33)/t11-,12-/m0/s1. The summed E-state index contributed by atoms with van der Waals surface area (Å²) in [6.07, 6.45) is -2.89. The van der Waals surface area contributed by atoms with Gasteiger partial charge in [-0.15, -0.1) is 0 Å². The van der Waals surface area contributed by atoms with Crippen LogP contribution < -0.4 is 15.1 Å². The highest BCUT2D eigenvalue weighted by Gasteiger charge is 2.41. The first-order valence-electron chi connectivity index (χ1n) is 10.5. The van der Waals surface area contributed by atoms with Gasteiger partial charge < -0.3 is 4.90 Å². The second-order valence-electron chi connectivity index (χ2n) is 8.27. The largest absolute Gasteiger partial charge is 0.391 e. The molecule has 1 saturated heterocycles. The summed E-state index contributed by atoms with van der Waals surface area (Å²) in [5, 5.41) is 10.2. The topological polar surface area (TPSA) is 107 Å². The molecule has 1 fully saturated rings. The lowest BCUT2D eigenvalue weighted by atomic mass is 10.0. The van der Waals surface area contributed by atoms with Crippen LogP contribution in [0.1, 0.15) is 30.3 Å². The Morgan fingerprint density at radius 3 is 2.91 bits per heavy atom. The van der Waals surface area contributed by atoms with E-state index in [2.05, 4.69) is 30.4 Å². The molecule has 0 saturated carbocycles. The number of urea groups is 1. The van der Waals surface area contributed by atoms with Crippen LogP contribution in [0.2, 0.25) is 0 Å². The number of nitrogens with one attached hydrogen (secondary N) is 2. The van der Waals surface area contributed by atoms with Crippen LogP contribution in [0, 0.1) is 5.92 Å². The van der Waals surface area contributed by atoms with Crippen LogP contribution in [-0.2, 0) is 0 Å². The molecule has 3 aromatic heterocycles. The van der Waals surface area contributed by atoms with Gasteiger partial charge in [0.2, 0.25) is 0 Å². The Hall–Kier alpha value is -3.70. The number of anilines is 3. The fourth-order valence-electron chi connectivity index (χ4n) is 4.24. The van der Waals surface area contributed by atoms with Gasteiger partial charge in [0.1, 0.15) is 11.5 Å². The number of H-pyrrole nitrogens is 1. The van der Waals surface area contributed by atoms with E-state index in [1.165, 1.54) is 11.0 Å². The first kappa shape index (κ1) is 21.2. The van der Waals surface area contributed by atoms with Gasteiger partial charge in [-0.2, -0.15) is 18.3 Å². The van der Waals surface area contributed by atoms with Gasteiger partial charge in [-0.05, 0) is 30.7 Å². The summed E-state index contributed by atoms with van der Waals surface area (Å²) in [7, 11) is 0. The van der Waals surface area contributed by atoms with Crippen LogP contribution in [0.5, 0.6) is 0 Å². The number of hydrogen-bond acceptors (Lipinski definition) is 6. The highest BCUT2D eigenvalue weighted by Crippen LogP contribution is 2.39. The number of halogens is 3. The number of carbonyl (C=O) groups is 2. The van der Waals surface area contributed by atoms with Gasteiger partial charge in [0.15, 0.2) is 17.2 Å². The maximum absolute atomic E-state index is 13.3. The maximum atomic E-state index is 13.3. The fourth-order valence-corrected chi connectivity index (χ4v) is 4.24. The van der Waals surface area contributed by atoms with Crippen molar-refractivity contribution in [1.29, 1.82) is 0 Å². The molecular formula is C21H20F3N7O2. The molecule has 9 nitrogen and oxygen atoms in total. The van der Waals surface area contributed by atoms with Crippen LogP contribution in [-0.4, -0.2) is 57.3 Å². The van der Waals surface area contributed by atoms with Gasteiger partial charge in [-0.3, -0.25) is 20.1 Å². The Bertz CT molecular complexity index is 1240. The van der Waals surface area contributed by atoms with E-state index in [4.69, 9.17) is 0 Å². The molecule has 3 aromatic rings. The number of amides is 2. The number of pyridine rings is 2.